The Labute approximate surface area is 162 Å². The molecule has 2 amide bonds. The van der Waals surface area contributed by atoms with Crippen molar-refractivity contribution in [3.8, 4) is 0 Å². The van der Waals surface area contributed by atoms with Crippen molar-refractivity contribution in [1.82, 2.24) is 10.3 Å². The van der Waals surface area contributed by atoms with E-state index in [4.69, 9.17) is 0 Å². The Hall–Kier alpha value is -2.54. The molecule has 4 rings (SSSR count). The van der Waals surface area contributed by atoms with Crippen LogP contribution in [0.15, 0.2) is 41.4 Å². The van der Waals surface area contributed by atoms with Crippen LogP contribution in [0.3, 0.4) is 0 Å². The molecule has 1 fully saturated rings. The lowest BCUT2D eigenvalue weighted by Crippen LogP contribution is -2.27. The maximum absolute atomic E-state index is 12.5. The molecule has 0 saturated carbocycles. The number of hydrogen-bond donors (Lipinski definition) is 2. The summed E-state index contributed by atoms with van der Waals surface area (Å²) in [5, 5.41) is 5.70. The second-order valence-corrected chi connectivity index (χ2v) is 8.24. The minimum absolute atomic E-state index is 0.0312. The first-order valence-corrected chi connectivity index (χ1v) is 10.1. The zero-order valence-corrected chi connectivity index (χ0v) is 16.0. The van der Waals surface area contributed by atoms with Gasteiger partial charge in [-0.05, 0) is 55.7 Å². The van der Waals surface area contributed by atoms with E-state index in [0.717, 1.165) is 29.4 Å². The largest absolute Gasteiger partial charge is 0.357 e. The van der Waals surface area contributed by atoms with Gasteiger partial charge in [-0.15, -0.1) is 11.8 Å². The number of rotatable bonds is 4. The van der Waals surface area contributed by atoms with E-state index in [1.165, 1.54) is 24.6 Å². The molecule has 1 atom stereocenters. The van der Waals surface area contributed by atoms with Crippen molar-refractivity contribution in [1.29, 1.82) is 0 Å². The lowest BCUT2D eigenvalue weighted by molar-refractivity contribution is -0.115. The molecule has 0 spiro atoms. The van der Waals surface area contributed by atoms with Gasteiger partial charge in [0.1, 0.15) is 5.82 Å². The second-order valence-electron chi connectivity index (χ2n) is 6.86. The Morgan fingerprint density at radius 1 is 1.30 bits per heavy atom. The van der Waals surface area contributed by atoms with Gasteiger partial charge in [0.15, 0.2) is 0 Å². The maximum atomic E-state index is 12.5. The highest BCUT2D eigenvalue weighted by molar-refractivity contribution is 8.00. The van der Waals surface area contributed by atoms with E-state index in [-0.39, 0.29) is 17.1 Å². The molecule has 1 saturated heterocycles. The number of amides is 2. The lowest BCUT2D eigenvalue weighted by atomic mass is 10.1. The molecule has 1 aromatic heterocycles. The molecule has 140 valence electrons. The molecule has 1 unspecified atom stereocenters. The molecule has 3 heterocycles. The van der Waals surface area contributed by atoms with Crippen molar-refractivity contribution in [2.45, 2.75) is 36.5 Å². The number of anilines is 2. The van der Waals surface area contributed by atoms with E-state index >= 15 is 0 Å². The van der Waals surface area contributed by atoms with Gasteiger partial charge in [-0.1, -0.05) is 0 Å². The van der Waals surface area contributed by atoms with Crippen LogP contribution in [-0.2, 0) is 11.3 Å². The molecule has 2 aliphatic heterocycles. The Kier molecular flexibility index (Phi) is 5.03. The first-order valence-electron chi connectivity index (χ1n) is 9.20. The van der Waals surface area contributed by atoms with E-state index in [2.05, 4.69) is 20.5 Å². The Balaban J connectivity index is 1.42. The van der Waals surface area contributed by atoms with Crippen LogP contribution in [0.2, 0.25) is 0 Å². The van der Waals surface area contributed by atoms with Gasteiger partial charge in [-0.2, -0.15) is 0 Å². The van der Waals surface area contributed by atoms with E-state index in [1.54, 1.807) is 18.3 Å². The molecular weight excluding hydrogens is 360 g/mol. The van der Waals surface area contributed by atoms with Gasteiger partial charge in [0, 0.05) is 36.3 Å². The fourth-order valence-electron chi connectivity index (χ4n) is 3.32. The molecule has 2 N–H and O–H groups in total. The van der Waals surface area contributed by atoms with Crippen molar-refractivity contribution in [3.05, 3.63) is 47.7 Å². The normalized spacial score (nSPS) is 18.8. The third-order valence-corrected chi connectivity index (χ3v) is 6.04. The standard InChI is InChI=1S/C20H22N4O2S/c1-13-19(25)23-16-11-15(4-5-17(16)27-13)20(26)22-12-14-6-7-21-18(10-14)24-8-2-3-9-24/h4-7,10-11,13H,2-3,8-9,12H2,1H3,(H,22,26)(H,23,25). The van der Waals surface area contributed by atoms with Crippen LogP contribution in [0.4, 0.5) is 11.5 Å². The number of carbonyl (C=O) groups is 2. The molecular formula is C20H22N4O2S. The fraction of sp³-hybridized carbons (Fsp3) is 0.350. The minimum Gasteiger partial charge on any atom is -0.357 e. The van der Waals surface area contributed by atoms with Crippen molar-refractivity contribution >= 4 is 35.1 Å². The van der Waals surface area contributed by atoms with E-state index in [0.29, 0.717) is 17.8 Å². The third-order valence-electron chi connectivity index (χ3n) is 4.87. The molecule has 2 aliphatic rings. The predicted molar refractivity (Wildman–Crippen MR) is 107 cm³/mol. The molecule has 0 radical (unpaired) electrons. The van der Waals surface area contributed by atoms with Crippen molar-refractivity contribution in [3.63, 3.8) is 0 Å². The zero-order chi connectivity index (χ0) is 18.8. The molecule has 7 heteroatoms. The van der Waals surface area contributed by atoms with E-state index in [9.17, 15) is 9.59 Å². The van der Waals surface area contributed by atoms with Gasteiger partial charge >= 0.3 is 0 Å². The highest BCUT2D eigenvalue weighted by atomic mass is 32.2. The molecule has 27 heavy (non-hydrogen) atoms. The number of nitrogens with one attached hydrogen (secondary N) is 2. The van der Waals surface area contributed by atoms with E-state index < -0.39 is 0 Å². The summed E-state index contributed by atoms with van der Waals surface area (Å²) in [5.41, 5.74) is 2.27. The third kappa shape index (κ3) is 3.93. The number of nitrogens with zero attached hydrogens (tertiary/aromatic N) is 2. The Morgan fingerprint density at radius 3 is 2.93 bits per heavy atom. The van der Waals surface area contributed by atoms with Crippen LogP contribution in [0.5, 0.6) is 0 Å². The Bertz CT molecular complexity index is 880. The van der Waals surface area contributed by atoms with Crippen LogP contribution in [-0.4, -0.2) is 35.1 Å². The Morgan fingerprint density at radius 2 is 2.11 bits per heavy atom. The number of hydrogen-bond acceptors (Lipinski definition) is 5. The van der Waals surface area contributed by atoms with Crippen LogP contribution >= 0.6 is 11.8 Å². The summed E-state index contributed by atoms with van der Waals surface area (Å²) in [6, 6.07) is 9.39. The number of benzene rings is 1. The van der Waals surface area contributed by atoms with Crippen molar-refractivity contribution < 1.29 is 9.59 Å². The topological polar surface area (TPSA) is 74.3 Å². The van der Waals surface area contributed by atoms with Gasteiger partial charge in [0.25, 0.3) is 5.91 Å². The van der Waals surface area contributed by atoms with Crippen molar-refractivity contribution in [2.24, 2.45) is 0 Å². The number of aromatic nitrogens is 1. The van der Waals surface area contributed by atoms with Crippen LogP contribution in [0.1, 0.15) is 35.7 Å². The van der Waals surface area contributed by atoms with Gasteiger partial charge in [0.05, 0.1) is 10.9 Å². The second kappa shape index (κ2) is 7.60. The molecule has 1 aromatic carbocycles. The number of thioether (sulfide) groups is 1. The highest BCUT2D eigenvalue weighted by Crippen LogP contribution is 2.35. The number of carbonyl (C=O) groups excluding carboxylic acids is 2. The first-order chi connectivity index (χ1) is 13.1. The summed E-state index contributed by atoms with van der Waals surface area (Å²) in [6.45, 7) is 4.40. The summed E-state index contributed by atoms with van der Waals surface area (Å²) in [5.74, 6) is 0.786. The average Bonchev–Trinajstić information content (AvgIpc) is 3.22. The zero-order valence-electron chi connectivity index (χ0n) is 15.2. The summed E-state index contributed by atoms with van der Waals surface area (Å²) in [6.07, 6.45) is 4.20. The maximum Gasteiger partial charge on any atom is 0.251 e. The molecule has 0 bridgehead atoms. The van der Waals surface area contributed by atoms with Gasteiger partial charge in [0.2, 0.25) is 5.91 Å². The highest BCUT2D eigenvalue weighted by Gasteiger charge is 2.23. The minimum atomic E-state index is -0.157. The van der Waals surface area contributed by atoms with Crippen molar-refractivity contribution in [2.75, 3.05) is 23.3 Å². The summed E-state index contributed by atoms with van der Waals surface area (Å²) < 4.78 is 0. The number of fused-ring (bicyclic) bond motifs is 1. The first kappa shape index (κ1) is 17.9. The van der Waals surface area contributed by atoms with Crippen LogP contribution < -0.4 is 15.5 Å². The van der Waals surface area contributed by atoms with E-state index in [1.807, 2.05) is 25.1 Å². The van der Waals surface area contributed by atoms with Crippen LogP contribution in [0.25, 0.3) is 0 Å². The van der Waals surface area contributed by atoms with Gasteiger partial charge in [-0.25, -0.2) is 4.98 Å². The molecule has 0 aliphatic carbocycles. The smallest absolute Gasteiger partial charge is 0.251 e. The number of pyridine rings is 1. The SMILES string of the molecule is CC1Sc2ccc(C(=O)NCc3ccnc(N4CCCC4)c3)cc2NC1=O. The fourth-order valence-corrected chi connectivity index (χ4v) is 4.25. The molecule has 6 nitrogen and oxygen atoms in total. The quantitative estimate of drug-likeness (QED) is 0.850. The van der Waals surface area contributed by atoms with Gasteiger partial charge in [-0.3, -0.25) is 9.59 Å². The predicted octanol–water partition coefficient (Wildman–Crippen LogP) is 3.04. The van der Waals surface area contributed by atoms with Gasteiger partial charge < -0.3 is 15.5 Å². The monoisotopic (exact) mass is 382 g/mol. The lowest BCUT2D eigenvalue weighted by Gasteiger charge is -2.21. The summed E-state index contributed by atoms with van der Waals surface area (Å²) >= 11 is 1.51. The average molecular weight is 382 g/mol. The van der Waals surface area contributed by atoms with Crippen LogP contribution in [0, 0.1) is 0 Å². The summed E-state index contributed by atoms with van der Waals surface area (Å²) in [4.78, 5) is 32.1. The molecule has 2 aromatic rings. The summed E-state index contributed by atoms with van der Waals surface area (Å²) in [7, 11) is 0.